The molecule has 0 aromatic heterocycles. The summed E-state index contributed by atoms with van der Waals surface area (Å²) in [6.07, 6.45) is 0. The summed E-state index contributed by atoms with van der Waals surface area (Å²) in [7, 11) is 0. The first-order valence-corrected chi connectivity index (χ1v) is 4.94. The van der Waals surface area contributed by atoms with E-state index in [2.05, 4.69) is 4.72 Å². The lowest BCUT2D eigenvalue weighted by atomic mass is 9.99. The maximum absolute atomic E-state index is 11.1. The summed E-state index contributed by atoms with van der Waals surface area (Å²) in [5.74, 6) is -0.576. The molecule has 1 saturated heterocycles. The lowest BCUT2D eigenvalue weighted by Gasteiger charge is -2.11. The van der Waals surface area contributed by atoms with Crippen molar-refractivity contribution in [2.45, 2.75) is 6.04 Å². The fraction of sp³-hybridized carbons (Fsp3) is 0.667. The number of nitrogens with two attached hydrogens (primary N) is 1. The molecule has 6 heteroatoms. The molecule has 2 unspecified atom stereocenters. The van der Waals surface area contributed by atoms with Crippen LogP contribution in [0.1, 0.15) is 0 Å². The van der Waals surface area contributed by atoms with Crippen molar-refractivity contribution in [1.82, 2.24) is 4.72 Å². The first kappa shape index (κ1) is 9.83. The van der Waals surface area contributed by atoms with E-state index in [1.54, 1.807) is 0 Å². The molecule has 1 heterocycles. The molecule has 1 aliphatic heterocycles. The molecule has 1 rings (SSSR count). The second-order valence-corrected chi connectivity index (χ2v) is 3.64. The van der Waals surface area contributed by atoms with Crippen molar-refractivity contribution in [2.24, 2.45) is 11.7 Å². The van der Waals surface area contributed by atoms with Gasteiger partial charge in [0.2, 0.25) is 5.91 Å². The van der Waals surface area contributed by atoms with E-state index < -0.39 is 17.9 Å². The smallest absolute Gasteiger partial charge is 0.223 e. The Bertz CT molecular complexity index is 212. The van der Waals surface area contributed by atoms with Gasteiger partial charge in [-0.05, 0) is 0 Å². The maximum Gasteiger partial charge on any atom is 0.223 e. The molecule has 4 nitrogen and oxygen atoms in total. The van der Waals surface area contributed by atoms with Crippen LogP contribution in [-0.2, 0) is 9.59 Å². The van der Waals surface area contributed by atoms with E-state index in [-0.39, 0.29) is 11.7 Å². The largest absolute Gasteiger partial charge is 0.369 e. The second kappa shape index (κ2) is 4.11. The Morgan fingerprint density at radius 1 is 1.67 bits per heavy atom. The van der Waals surface area contributed by atoms with Gasteiger partial charge in [0.05, 0.1) is 17.8 Å². The summed E-state index contributed by atoms with van der Waals surface area (Å²) in [5, 5.41) is 0. The Hall–Kier alpha value is -0.260. The number of halogens is 1. The molecule has 1 amide bonds. The monoisotopic (exact) mass is 208 g/mol. The number of alkyl halides is 1. The molecule has 12 heavy (non-hydrogen) atoms. The summed E-state index contributed by atoms with van der Waals surface area (Å²) in [4.78, 5) is 21.9. The van der Waals surface area contributed by atoms with Gasteiger partial charge in [0, 0.05) is 5.75 Å². The average molecular weight is 209 g/mol. The number of hydrogen-bond donors (Lipinski definition) is 2. The fourth-order valence-electron chi connectivity index (χ4n) is 1.03. The summed E-state index contributed by atoms with van der Waals surface area (Å²) in [6.45, 7) is 0. The van der Waals surface area contributed by atoms with Gasteiger partial charge in [0.25, 0.3) is 0 Å². The molecule has 0 bridgehead atoms. The minimum Gasteiger partial charge on any atom is -0.369 e. The van der Waals surface area contributed by atoms with E-state index in [4.69, 9.17) is 17.3 Å². The highest BCUT2D eigenvalue weighted by molar-refractivity contribution is 7.97. The molecule has 3 N–H and O–H groups in total. The molecule has 0 aromatic carbocycles. The summed E-state index contributed by atoms with van der Waals surface area (Å²) in [5.41, 5.74) is 5.09. The number of carbonyl (C=O) groups excluding carboxylic acids is 2. The first-order valence-electron chi connectivity index (χ1n) is 3.42. The van der Waals surface area contributed by atoms with E-state index in [9.17, 15) is 9.59 Å². The van der Waals surface area contributed by atoms with Gasteiger partial charge < -0.3 is 5.73 Å². The fourth-order valence-corrected chi connectivity index (χ4v) is 2.30. The van der Waals surface area contributed by atoms with Gasteiger partial charge >= 0.3 is 0 Å². The van der Waals surface area contributed by atoms with Crippen LogP contribution in [0.4, 0.5) is 0 Å². The first-order chi connectivity index (χ1) is 5.66. The Labute approximate surface area is 79.3 Å². The zero-order valence-corrected chi connectivity index (χ0v) is 7.82. The van der Waals surface area contributed by atoms with Gasteiger partial charge in [-0.2, -0.15) is 0 Å². The summed E-state index contributed by atoms with van der Waals surface area (Å²) in [6, 6.07) is -0.495. The Kier molecular flexibility index (Phi) is 3.37. The molecule has 0 aromatic rings. The quantitative estimate of drug-likeness (QED) is 0.485. The third-order valence-electron chi connectivity index (χ3n) is 1.72. The number of hydrogen-bond acceptors (Lipinski definition) is 4. The minimum atomic E-state index is -0.495. The van der Waals surface area contributed by atoms with Gasteiger partial charge in [-0.15, -0.1) is 11.6 Å². The molecule has 68 valence electrons. The maximum atomic E-state index is 11.1. The third-order valence-corrected chi connectivity index (χ3v) is 2.93. The van der Waals surface area contributed by atoms with Crippen LogP contribution in [0, 0.1) is 5.92 Å². The van der Waals surface area contributed by atoms with Crippen molar-refractivity contribution in [2.75, 3.05) is 11.6 Å². The van der Waals surface area contributed by atoms with Gasteiger partial charge in [0.1, 0.15) is 0 Å². The van der Waals surface area contributed by atoms with Crippen molar-refractivity contribution < 1.29 is 9.59 Å². The van der Waals surface area contributed by atoms with Gasteiger partial charge in [-0.25, -0.2) is 0 Å². The highest BCUT2D eigenvalue weighted by Crippen LogP contribution is 2.21. The van der Waals surface area contributed by atoms with Crippen LogP contribution in [0.25, 0.3) is 0 Å². The minimum absolute atomic E-state index is 0.0813. The van der Waals surface area contributed by atoms with Crippen LogP contribution in [-0.4, -0.2) is 29.4 Å². The average Bonchev–Trinajstić information content (AvgIpc) is 2.50. The van der Waals surface area contributed by atoms with Crippen molar-refractivity contribution in [1.29, 1.82) is 0 Å². The van der Waals surface area contributed by atoms with Crippen LogP contribution >= 0.6 is 23.5 Å². The van der Waals surface area contributed by atoms with E-state index in [1.165, 1.54) is 11.9 Å². The second-order valence-electron chi connectivity index (χ2n) is 2.52. The Morgan fingerprint density at radius 2 is 2.33 bits per heavy atom. The Morgan fingerprint density at radius 3 is 2.83 bits per heavy atom. The molecule has 1 aliphatic rings. The number of carbonyl (C=O) groups is 2. The lowest BCUT2D eigenvalue weighted by Crippen LogP contribution is -2.41. The molecule has 0 saturated carbocycles. The van der Waals surface area contributed by atoms with Crippen LogP contribution in [0.2, 0.25) is 0 Å². The van der Waals surface area contributed by atoms with E-state index in [0.29, 0.717) is 5.75 Å². The van der Waals surface area contributed by atoms with Crippen molar-refractivity contribution >= 4 is 35.2 Å². The number of nitrogens with one attached hydrogen (secondary N) is 1. The predicted octanol–water partition coefficient (Wildman–Crippen LogP) is -0.484. The van der Waals surface area contributed by atoms with Crippen LogP contribution in [0.5, 0.6) is 0 Å². The molecular formula is C6H9ClN2O2S. The molecule has 1 fully saturated rings. The van der Waals surface area contributed by atoms with Gasteiger partial charge in [-0.3, -0.25) is 14.3 Å². The van der Waals surface area contributed by atoms with E-state index >= 15 is 0 Å². The molecule has 0 spiro atoms. The standard InChI is InChI=1S/C6H9ClN2O2S/c7-1-4(10)5-3(6(8)11)2-12-9-5/h3,5,9H,1-2H2,(H2,8,11). The third kappa shape index (κ3) is 1.91. The SMILES string of the molecule is NC(=O)C1CSNC1C(=O)CCl. The Balaban J connectivity index is 2.63. The van der Waals surface area contributed by atoms with Gasteiger partial charge in [0.15, 0.2) is 5.78 Å². The predicted molar refractivity (Wildman–Crippen MR) is 47.8 cm³/mol. The summed E-state index contributed by atoms with van der Waals surface area (Å²) >= 11 is 6.68. The lowest BCUT2D eigenvalue weighted by molar-refractivity contribution is -0.126. The van der Waals surface area contributed by atoms with E-state index in [0.717, 1.165) is 0 Å². The number of primary amides is 1. The molecule has 0 aliphatic carbocycles. The van der Waals surface area contributed by atoms with Gasteiger partial charge in [-0.1, -0.05) is 11.9 Å². The zero-order valence-electron chi connectivity index (χ0n) is 6.25. The normalized spacial score (nSPS) is 28.8. The van der Waals surface area contributed by atoms with Crippen LogP contribution in [0.15, 0.2) is 0 Å². The van der Waals surface area contributed by atoms with Crippen molar-refractivity contribution in [3.63, 3.8) is 0 Å². The van der Waals surface area contributed by atoms with E-state index in [1.807, 2.05) is 0 Å². The van der Waals surface area contributed by atoms with Crippen LogP contribution < -0.4 is 10.5 Å². The molecular weight excluding hydrogens is 200 g/mol. The summed E-state index contributed by atoms with van der Waals surface area (Å²) < 4.78 is 2.82. The highest BCUT2D eigenvalue weighted by Gasteiger charge is 2.36. The highest BCUT2D eigenvalue weighted by atomic mass is 35.5. The number of rotatable bonds is 3. The zero-order chi connectivity index (χ0) is 9.14. The number of ketones is 1. The molecule has 0 radical (unpaired) electrons. The topological polar surface area (TPSA) is 72.2 Å². The molecule has 2 atom stereocenters. The number of Topliss-reactive ketones (excluding diaryl/α,β-unsaturated/α-hetero) is 1. The van der Waals surface area contributed by atoms with Crippen molar-refractivity contribution in [3.8, 4) is 0 Å². The van der Waals surface area contributed by atoms with Crippen LogP contribution in [0.3, 0.4) is 0 Å². The van der Waals surface area contributed by atoms with Crippen molar-refractivity contribution in [3.05, 3.63) is 0 Å². The number of amides is 1.